The Balaban J connectivity index is 0.951. The molecule has 2 atom stereocenters. The average molecular weight is 1290 g/mol. The number of carbonyl (C=O) groups is 5. The summed E-state index contributed by atoms with van der Waals surface area (Å²) in [5.41, 5.74) is 7.20. The number of hydrogen-bond acceptors (Lipinski definition) is 21. The number of carboxylic acid groups (broad SMARTS) is 1. The minimum Gasteiger partial charge on any atom is -0.481 e. The smallest absolute Gasteiger partial charge is 0.303 e. The van der Waals surface area contributed by atoms with Gasteiger partial charge in [0.1, 0.15) is 12.6 Å². The molecule has 2 aliphatic heterocycles. The quantitative estimate of drug-likeness (QED) is 0.0320. The topological polar surface area (TPSA) is 329 Å². The van der Waals surface area contributed by atoms with E-state index in [4.69, 9.17) is 41.3 Å². The zero-order chi connectivity index (χ0) is 64.9. The Bertz CT molecular complexity index is 2540. The lowest BCUT2D eigenvalue weighted by atomic mass is 10.1. The molecule has 0 saturated carbocycles. The molecule has 0 bridgehead atoms. The first kappa shape index (κ1) is 75.5. The molecule has 7 N–H and O–H groups in total. The van der Waals surface area contributed by atoms with Crippen LogP contribution in [0, 0.1) is 12.3 Å². The van der Waals surface area contributed by atoms with Crippen LogP contribution in [0.25, 0.3) is 0 Å². The van der Waals surface area contributed by atoms with Crippen LogP contribution in [0.15, 0.2) is 12.4 Å². The maximum Gasteiger partial charge on any atom is 0.303 e. The van der Waals surface area contributed by atoms with E-state index >= 15 is 0 Å². The third kappa shape index (κ3) is 30.8. The summed E-state index contributed by atoms with van der Waals surface area (Å²) in [5.74, 6) is 3.87. The fourth-order valence-corrected chi connectivity index (χ4v) is 11.3. The molecule has 91 heavy (non-hydrogen) atoms. The molecule has 510 valence electrons. The SMILES string of the molecule is C#CCOCCOCCOCCNc1nc(N2CCN(C(=O)CCCCCCCCCCNC(=O)[C@@H](CCC(=O)O)n3cc(CCCCCN)nn3)CC2)nc(N2CCN(C(=O)CCCCCCCCCCNC(=O)[C@H](CO)n3cc(CCCSC)nn3)CC2)n1. The Kier molecular flexibility index (Phi) is 38.8. The third-order valence-electron chi connectivity index (χ3n) is 16.2. The zero-order valence-electron chi connectivity index (χ0n) is 54.4. The maximum atomic E-state index is 13.4. The molecule has 2 aliphatic rings. The summed E-state index contributed by atoms with van der Waals surface area (Å²) < 4.78 is 19.5. The van der Waals surface area contributed by atoms with Crippen molar-refractivity contribution in [3.8, 4) is 12.3 Å². The van der Waals surface area contributed by atoms with Crippen LogP contribution in [0.3, 0.4) is 0 Å². The second-order valence-corrected chi connectivity index (χ2v) is 24.3. The standard InChI is InChI=1S/C63H107N17O10S/c1-3-42-88-44-46-90-47-45-89-43-33-67-61-68-62(70-63(69-61)78-40-36-76(37-41-78)57(83)27-19-13-9-5-7-11-15-22-32-66-60(87)55(51-81)80-50-53(72-74-80)25-23-48-91-2)77-38-34-75(35-39-77)56(82)26-18-12-8-4-6-10-14-21-31-65-59(86)54(28-29-58(84)85)79-49-52(71-73-79)24-17-16-20-30-64/h1,49-50,54-55,81H,4-48,51,64H2,2H3,(H,65,86)(H,66,87)(H,84,85)(H,67,68,69,70)/t54-,55+/m1/s1. The van der Waals surface area contributed by atoms with E-state index in [0.29, 0.717) is 142 Å². The van der Waals surface area contributed by atoms with E-state index in [-0.39, 0.29) is 49.7 Å². The summed E-state index contributed by atoms with van der Waals surface area (Å²) in [6.45, 7) is 8.85. The minimum atomic E-state index is -0.960. The zero-order valence-corrected chi connectivity index (χ0v) is 55.2. The Morgan fingerprint density at radius 1 is 0.582 bits per heavy atom. The van der Waals surface area contributed by atoms with Crippen LogP contribution >= 0.6 is 11.8 Å². The van der Waals surface area contributed by atoms with Crippen molar-refractivity contribution in [1.82, 2.24) is 65.4 Å². The first-order chi connectivity index (χ1) is 44.5. The summed E-state index contributed by atoms with van der Waals surface area (Å²) in [6, 6.07) is -1.50. The second kappa shape index (κ2) is 46.8. The van der Waals surface area contributed by atoms with Crippen LogP contribution in [-0.2, 0) is 51.0 Å². The van der Waals surface area contributed by atoms with Crippen molar-refractivity contribution < 1.29 is 48.4 Å². The fraction of sp³-hybridized carbons (Fsp3) is 0.778. The van der Waals surface area contributed by atoms with Gasteiger partial charge in [-0.1, -0.05) is 99.8 Å². The predicted octanol–water partition coefficient (Wildman–Crippen LogP) is 5.01. The summed E-state index contributed by atoms with van der Waals surface area (Å²) in [5, 5.41) is 45.0. The van der Waals surface area contributed by atoms with Crippen LogP contribution in [0.4, 0.5) is 17.8 Å². The van der Waals surface area contributed by atoms with Crippen molar-refractivity contribution in [2.75, 3.05) is 152 Å². The number of aryl methyl sites for hydroxylation is 2. The molecule has 2 fully saturated rings. The second-order valence-electron chi connectivity index (χ2n) is 23.4. The van der Waals surface area contributed by atoms with Crippen LogP contribution in [0.2, 0.25) is 0 Å². The van der Waals surface area contributed by atoms with Crippen LogP contribution < -0.4 is 31.5 Å². The highest BCUT2D eigenvalue weighted by Crippen LogP contribution is 2.22. The number of unbranched alkanes of at least 4 members (excludes halogenated alkanes) is 16. The van der Waals surface area contributed by atoms with E-state index in [2.05, 4.69) is 58.6 Å². The molecule has 0 radical (unpaired) electrons. The number of anilines is 3. The van der Waals surface area contributed by atoms with Crippen LogP contribution in [-0.4, -0.2) is 231 Å². The Morgan fingerprint density at radius 2 is 1.04 bits per heavy atom. The van der Waals surface area contributed by atoms with Crippen LogP contribution in [0.1, 0.15) is 178 Å². The predicted molar refractivity (Wildman–Crippen MR) is 352 cm³/mol. The summed E-state index contributed by atoms with van der Waals surface area (Å²) in [6.07, 6.45) is 33.2. The van der Waals surface area contributed by atoms with Gasteiger partial charge in [-0.05, 0) is 82.8 Å². The van der Waals surface area contributed by atoms with Gasteiger partial charge in [0.05, 0.1) is 51.0 Å². The number of aliphatic hydroxyl groups excluding tert-OH is 1. The normalized spacial score (nSPS) is 14.1. The van der Waals surface area contributed by atoms with Gasteiger partial charge in [-0.25, -0.2) is 9.36 Å². The van der Waals surface area contributed by atoms with Gasteiger partial charge in [-0.3, -0.25) is 24.0 Å². The van der Waals surface area contributed by atoms with Gasteiger partial charge >= 0.3 is 5.97 Å². The van der Waals surface area contributed by atoms with Crippen molar-refractivity contribution in [3.05, 3.63) is 23.8 Å². The van der Waals surface area contributed by atoms with E-state index in [1.807, 2.05) is 9.80 Å². The van der Waals surface area contributed by atoms with E-state index in [9.17, 15) is 34.2 Å². The number of ether oxygens (including phenoxy) is 3. The van der Waals surface area contributed by atoms with Gasteiger partial charge in [0.25, 0.3) is 0 Å². The molecule has 3 aromatic heterocycles. The number of nitrogens with one attached hydrogen (secondary N) is 3. The van der Waals surface area contributed by atoms with Gasteiger partial charge in [0, 0.05) is 104 Å². The fourth-order valence-electron chi connectivity index (χ4n) is 10.8. The number of rotatable bonds is 52. The van der Waals surface area contributed by atoms with Gasteiger partial charge < -0.3 is 65.7 Å². The number of nitrogens with two attached hydrogens (primary N) is 1. The number of piperazine rings is 2. The molecule has 0 unspecified atom stereocenters. The number of aliphatic hydroxyl groups is 1. The highest BCUT2D eigenvalue weighted by molar-refractivity contribution is 7.98. The minimum absolute atomic E-state index is 0.139. The lowest BCUT2D eigenvalue weighted by molar-refractivity contribution is -0.137. The molecule has 0 spiro atoms. The first-order valence-electron chi connectivity index (χ1n) is 33.6. The number of terminal acetylenes is 1. The molecular weight excluding hydrogens is 1190 g/mol. The lowest BCUT2D eigenvalue weighted by Crippen LogP contribution is -2.50. The number of hydrogen-bond donors (Lipinski definition) is 6. The van der Waals surface area contributed by atoms with E-state index < -0.39 is 18.1 Å². The highest BCUT2D eigenvalue weighted by Gasteiger charge is 2.28. The summed E-state index contributed by atoms with van der Waals surface area (Å²) in [7, 11) is 0. The van der Waals surface area contributed by atoms with E-state index in [1.165, 1.54) is 9.36 Å². The largest absolute Gasteiger partial charge is 0.481 e. The monoisotopic (exact) mass is 1290 g/mol. The number of aliphatic carboxylic acids is 1. The summed E-state index contributed by atoms with van der Waals surface area (Å²) in [4.78, 5) is 86.7. The molecule has 5 heterocycles. The summed E-state index contributed by atoms with van der Waals surface area (Å²) >= 11 is 1.78. The van der Waals surface area contributed by atoms with Gasteiger partial charge in [0.15, 0.2) is 6.04 Å². The van der Waals surface area contributed by atoms with E-state index in [1.54, 1.807) is 24.2 Å². The molecule has 0 aromatic carbocycles. The van der Waals surface area contributed by atoms with E-state index in [0.717, 1.165) is 158 Å². The Labute approximate surface area is 543 Å². The Morgan fingerprint density at radius 3 is 1.54 bits per heavy atom. The maximum absolute atomic E-state index is 13.4. The average Bonchev–Trinajstić information content (AvgIpc) is 3.34. The molecule has 27 nitrogen and oxygen atoms in total. The van der Waals surface area contributed by atoms with Crippen molar-refractivity contribution in [3.63, 3.8) is 0 Å². The van der Waals surface area contributed by atoms with Crippen molar-refractivity contribution in [1.29, 1.82) is 0 Å². The molecular formula is C63H107N17O10S. The van der Waals surface area contributed by atoms with Crippen LogP contribution in [0.5, 0.6) is 0 Å². The van der Waals surface area contributed by atoms with Crippen molar-refractivity contribution in [2.24, 2.45) is 5.73 Å². The first-order valence-corrected chi connectivity index (χ1v) is 35.0. The van der Waals surface area contributed by atoms with Crippen molar-refractivity contribution in [2.45, 2.75) is 179 Å². The molecule has 2 saturated heterocycles. The number of aromatic nitrogens is 9. The highest BCUT2D eigenvalue weighted by atomic mass is 32.2. The lowest BCUT2D eigenvalue weighted by Gasteiger charge is -2.36. The number of carbonyl (C=O) groups excluding carboxylic acids is 4. The molecule has 0 aliphatic carbocycles. The third-order valence-corrected chi connectivity index (χ3v) is 16.9. The molecule has 4 amide bonds. The molecule has 5 rings (SSSR count). The van der Waals surface area contributed by atoms with Crippen molar-refractivity contribution >= 4 is 59.2 Å². The molecule has 3 aromatic rings. The Hall–Kier alpha value is -6.25. The number of carboxylic acids is 1. The van der Waals surface area contributed by atoms with Gasteiger partial charge in [-0.15, -0.1) is 16.6 Å². The number of nitrogens with zero attached hydrogens (tertiary/aromatic N) is 13. The number of thioether (sulfide) groups is 1. The van der Waals surface area contributed by atoms with Gasteiger partial charge in [0.2, 0.25) is 41.5 Å². The molecule has 28 heteroatoms. The number of amides is 4. The van der Waals surface area contributed by atoms with Gasteiger partial charge in [-0.2, -0.15) is 26.7 Å².